The highest BCUT2D eigenvalue weighted by Gasteiger charge is 2.11. The Kier molecular flexibility index (Phi) is 4.10. The Hall–Kier alpha value is -3.61. The molecule has 1 amide bonds. The lowest BCUT2D eigenvalue weighted by molar-refractivity contribution is 0.102. The number of nitrogens with zero attached hydrogens (tertiary/aromatic N) is 2. The van der Waals surface area contributed by atoms with Crippen molar-refractivity contribution >= 4 is 17.3 Å². The predicted octanol–water partition coefficient (Wildman–Crippen LogP) is 2.66. The fourth-order valence-electron chi connectivity index (χ4n) is 2.81. The zero-order valence-electron chi connectivity index (χ0n) is 13.8. The van der Waals surface area contributed by atoms with E-state index in [1.54, 1.807) is 24.3 Å². The lowest BCUT2D eigenvalue weighted by Crippen LogP contribution is -2.18. The number of hydrogen-bond acceptors (Lipinski definition) is 5. The van der Waals surface area contributed by atoms with Crippen LogP contribution in [-0.4, -0.2) is 29.1 Å². The lowest BCUT2D eigenvalue weighted by Gasteiger charge is -2.17. The summed E-state index contributed by atoms with van der Waals surface area (Å²) in [4.78, 5) is 28.2. The predicted molar refractivity (Wildman–Crippen MR) is 98.3 cm³/mol. The maximum atomic E-state index is 12.5. The number of hydrogen-bond donors (Lipinski definition) is 2. The molecule has 0 unspecified atom stereocenters. The summed E-state index contributed by atoms with van der Waals surface area (Å²) in [5, 5.41) is 6.50. The molecule has 130 valence electrons. The molecule has 0 saturated carbocycles. The van der Waals surface area contributed by atoms with Crippen molar-refractivity contribution in [2.45, 2.75) is 0 Å². The van der Waals surface area contributed by atoms with Gasteiger partial charge in [-0.15, -0.1) is 0 Å². The SMILES string of the molecule is O=C(Nc1cccc(-c2noc(=O)[nH]2)c1)c1ccc(N2CC=CC2)cc1. The molecule has 1 aliphatic rings. The molecule has 0 fully saturated rings. The van der Waals surface area contributed by atoms with Gasteiger partial charge in [0.15, 0.2) is 5.82 Å². The van der Waals surface area contributed by atoms with Crippen molar-refractivity contribution in [3.63, 3.8) is 0 Å². The second kappa shape index (κ2) is 6.72. The van der Waals surface area contributed by atoms with Crippen molar-refractivity contribution in [2.24, 2.45) is 0 Å². The second-order valence-corrected chi connectivity index (χ2v) is 5.90. The number of nitrogens with one attached hydrogen (secondary N) is 2. The van der Waals surface area contributed by atoms with Crippen LogP contribution in [0.4, 0.5) is 11.4 Å². The fourth-order valence-corrected chi connectivity index (χ4v) is 2.81. The van der Waals surface area contributed by atoms with Crippen molar-refractivity contribution in [1.82, 2.24) is 10.1 Å². The quantitative estimate of drug-likeness (QED) is 0.707. The van der Waals surface area contributed by atoms with Gasteiger partial charge in [-0.05, 0) is 36.4 Å². The van der Waals surface area contributed by atoms with Gasteiger partial charge in [0.2, 0.25) is 0 Å². The monoisotopic (exact) mass is 348 g/mol. The van der Waals surface area contributed by atoms with Crippen LogP contribution in [0.2, 0.25) is 0 Å². The van der Waals surface area contributed by atoms with E-state index >= 15 is 0 Å². The van der Waals surface area contributed by atoms with Crippen LogP contribution in [0.25, 0.3) is 11.4 Å². The summed E-state index contributed by atoms with van der Waals surface area (Å²) in [6.45, 7) is 1.78. The summed E-state index contributed by atoms with van der Waals surface area (Å²) in [5.41, 5.74) is 2.90. The van der Waals surface area contributed by atoms with Crippen LogP contribution in [0.15, 0.2) is 70.0 Å². The minimum absolute atomic E-state index is 0.207. The third-order valence-electron chi connectivity index (χ3n) is 4.15. The smallest absolute Gasteiger partial charge is 0.364 e. The molecule has 0 atom stereocenters. The molecule has 0 bridgehead atoms. The molecule has 7 nitrogen and oxygen atoms in total. The summed E-state index contributed by atoms with van der Waals surface area (Å²) in [5.74, 6) is -0.515. The molecular formula is C19H16N4O3. The molecular weight excluding hydrogens is 332 g/mol. The van der Waals surface area contributed by atoms with Crippen LogP contribution in [0, 0.1) is 0 Å². The number of H-pyrrole nitrogens is 1. The standard InChI is InChI=1S/C19H16N4O3/c24-18(13-6-8-16(9-7-13)23-10-1-2-11-23)20-15-5-3-4-14(12-15)17-21-19(25)26-22-17/h1-9,12H,10-11H2,(H,20,24)(H,21,22,25). The van der Waals surface area contributed by atoms with Gasteiger partial charge in [-0.3, -0.25) is 14.3 Å². The molecule has 2 N–H and O–H groups in total. The van der Waals surface area contributed by atoms with Gasteiger partial charge in [0.1, 0.15) is 0 Å². The highest BCUT2D eigenvalue weighted by molar-refractivity contribution is 6.04. The minimum Gasteiger partial charge on any atom is -0.364 e. The van der Waals surface area contributed by atoms with Gasteiger partial charge in [0, 0.05) is 35.6 Å². The molecule has 2 heterocycles. The number of anilines is 2. The summed E-state index contributed by atoms with van der Waals surface area (Å²) in [7, 11) is 0. The summed E-state index contributed by atoms with van der Waals surface area (Å²) in [6.07, 6.45) is 4.24. The fraction of sp³-hybridized carbons (Fsp3) is 0.105. The van der Waals surface area contributed by atoms with Crippen LogP contribution in [-0.2, 0) is 0 Å². The first-order valence-corrected chi connectivity index (χ1v) is 8.17. The van der Waals surface area contributed by atoms with E-state index in [4.69, 9.17) is 0 Å². The van der Waals surface area contributed by atoms with Crippen molar-refractivity contribution < 1.29 is 9.32 Å². The van der Waals surface area contributed by atoms with E-state index in [9.17, 15) is 9.59 Å². The summed E-state index contributed by atoms with van der Waals surface area (Å²) < 4.78 is 4.51. The number of aromatic nitrogens is 2. The molecule has 0 aliphatic carbocycles. The van der Waals surface area contributed by atoms with Gasteiger partial charge >= 0.3 is 5.76 Å². The van der Waals surface area contributed by atoms with E-state index in [-0.39, 0.29) is 5.91 Å². The van der Waals surface area contributed by atoms with Crippen LogP contribution in [0.5, 0.6) is 0 Å². The number of benzene rings is 2. The Morgan fingerprint density at radius 1 is 1.12 bits per heavy atom. The molecule has 26 heavy (non-hydrogen) atoms. The largest absolute Gasteiger partial charge is 0.439 e. The number of aromatic amines is 1. The first-order valence-electron chi connectivity index (χ1n) is 8.17. The minimum atomic E-state index is -0.622. The average Bonchev–Trinajstić information content (AvgIpc) is 3.34. The van der Waals surface area contributed by atoms with Crippen molar-refractivity contribution in [2.75, 3.05) is 23.3 Å². The van der Waals surface area contributed by atoms with E-state index < -0.39 is 5.76 Å². The van der Waals surface area contributed by atoms with Gasteiger partial charge in [0.05, 0.1) is 0 Å². The van der Waals surface area contributed by atoms with Crippen molar-refractivity contribution in [1.29, 1.82) is 0 Å². The topological polar surface area (TPSA) is 91.2 Å². The van der Waals surface area contributed by atoms with Crippen molar-refractivity contribution in [3.05, 3.63) is 76.8 Å². The van der Waals surface area contributed by atoms with E-state index in [0.29, 0.717) is 22.6 Å². The highest BCUT2D eigenvalue weighted by atomic mass is 16.5. The molecule has 0 radical (unpaired) electrons. The van der Waals surface area contributed by atoms with E-state index in [2.05, 4.69) is 37.0 Å². The third kappa shape index (κ3) is 3.27. The Balaban J connectivity index is 1.48. The molecule has 3 aromatic rings. The number of carbonyl (C=O) groups is 1. The molecule has 0 saturated heterocycles. The number of rotatable bonds is 4. The molecule has 4 rings (SSSR count). The van der Waals surface area contributed by atoms with E-state index in [0.717, 1.165) is 18.8 Å². The van der Waals surface area contributed by atoms with Gasteiger partial charge in [-0.1, -0.05) is 29.4 Å². The Morgan fingerprint density at radius 3 is 2.58 bits per heavy atom. The third-order valence-corrected chi connectivity index (χ3v) is 4.15. The molecule has 1 aliphatic heterocycles. The molecule has 0 spiro atoms. The lowest BCUT2D eigenvalue weighted by atomic mass is 10.1. The normalized spacial score (nSPS) is 13.2. The van der Waals surface area contributed by atoms with Gasteiger partial charge in [0.25, 0.3) is 5.91 Å². The van der Waals surface area contributed by atoms with E-state index in [1.165, 1.54) is 0 Å². The van der Waals surface area contributed by atoms with E-state index in [1.807, 2.05) is 24.3 Å². The van der Waals surface area contributed by atoms with Gasteiger partial charge in [-0.2, -0.15) is 0 Å². The number of carbonyl (C=O) groups excluding carboxylic acids is 1. The maximum absolute atomic E-state index is 12.5. The summed E-state index contributed by atoms with van der Waals surface area (Å²) >= 11 is 0. The van der Waals surface area contributed by atoms with Crippen LogP contribution < -0.4 is 16.0 Å². The zero-order chi connectivity index (χ0) is 17.9. The second-order valence-electron chi connectivity index (χ2n) is 5.90. The first kappa shape index (κ1) is 15.9. The van der Waals surface area contributed by atoms with Gasteiger partial charge in [-0.25, -0.2) is 4.79 Å². The average molecular weight is 348 g/mol. The summed E-state index contributed by atoms with van der Waals surface area (Å²) in [6, 6.07) is 14.5. The molecule has 7 heteroatoms. The van der Waals surface area contributed by atoms with Crippen LogP contribution >= 0.6 is 0 Å². The van der Waals surface area contributed by atoms with Crippen LogP contribution in [0.3, 0.4) is 0 Å². The molecule has 1 aromatic heterocycles. The molecule has 2 aromatic carbocycles. The highest BCUT2D eigenvalue weighted by Crippen LogP contribution is 2.21. The van der Waals surface area contributed by atoms with Crippen LogP contribution in [0.1, 0.15) is 10.4 Å². The first-order chi connectivity index (χ1) is 12.7. The Bertz CT molecular complexity index is 1010. The van der Waals surface area contributed by atoms with Gasteiger partial charge < -0.3 is 10.2 Å². The van der Waals surface area contributed by atoms with Crippen molar-refractivity contribution in [3.8, 4) is 11.4 Å². The number of amides is 1. The maximum Gasteiger partial charge on any atom is 0.439 e. The Morgan fingerprint density at radius 2 is 1.88 bits per heavy atom. The Labute approximate surface area is 148 Å². The zero-order valence-corrected chi connectivity index (χ0v) is 13.8.